The van der Waals surface area contributed by atoms with Crippen LogP contribution in [0.25, 0.3) is 0 Å². The summed E-state index contributed by atoms with van der Waals surface area (Å²) in [5.74, 6) is 0. The molecule has 0 aliphatic rings. The third-order valence-electron chi connectivity index (χ3n) is 0.505. The first kappa shape index (κ1) is 7.01. The van der Waals surface area contributed by atoms with Gasteiger partial charge in [0.1, 0.15) is 13.2 Å². The molecule has 0 fully saturated rings. The zero-order valence-corrected chi connectivity index (χ0v) is 4.50. The zero-order chi connectivity index (χ0) is 6.24. The normalized spacial score (nSPS) is 7.50. The van der Waals surface area contributed by atoms with Crippen LogP contribution in [0.3, 0.4) is 0 Å². The Bertz CT molecular complexity index is 60.1. The fraction of sp³-hybridized carbons (Fsp3) is 0.400. The molecule has 0 aliphatic heterocycles. The Labute approximate surface area is 47.9 Å². The van der Waals surface area contributed by atoms with Crippen LogP contribution in [0, 0.1) is 0 Å². The summed E-state index contributed by atoms with van der Waals surface area (Å²) in [7, 11) is 0. The van der Waals surface area contributed by atoms with Gasteiger partial charge in [-0.3, -0.25) is 4.79 Å². The topological polar surface area (TPSA) is 35.5 Å². The highest BCUT2D eigenvalue weighted by Crippen LogP contribution is 1.72. The smallest absolute Gasteiger partial charge is 0.293 e. The Kier molecular flexibility index (Phi) is 5.27. The fourth-order valence-electron chi connectivity index (χ4n) is 0.228. The van der Waals surface area contributed by atoms with Gasteiger partial charge in [0, 0.05) is 0 Å². The number of hydrogen-bond donors (Lipinski definition) is 0. The summed E-state index contributed by atoms with van der Waals surface area (Å²) in [6.45, 7) is 4.34. The van der Waals surface area contributed by atoms with E-state index in [0.717, 1.165) is 0 Å². The minimum Gasteiger partial charge on any atom is -0.498 e. The second kappa shape index (κ2) is 6.01. The van der Waals surface area contributed by atoms with Crippen LogP contribution in [0.2, 0.25) is 0 Å². The summed E-state index contributed by atoms with van der Waals surface area (Å²) in [6, 6.07) is 0. The van der Waals surface area contributed by atoms with E-state index in [0.29, 0.717) is 13.1 Å². The van der Waals surface area contributed by atoms with Gasteiger partial charge in [0.25, 0.3) is 6.47 Å². The van der Waals surface area contributed by atoms with Crippen LogP contribution < -0.4 is 0 Å². The maximum absolute atomic E-state index is 9.46. The second-order valence-electron chi connectivity index (χ2n) is 1.00. The van der Waals surface area contributed by atoms with E-state index in [1.165, 1.54) is 6.26 Å². The minimum absolute atomic E-state index is 0.287. The van der Waals surface area contributed by atoms with Gasteiger partial charge in [-0.15, -0.1) is 0 Å². The quantitative estimate of drug-likeness (QED) is 0.295. The Morgan fingerprint density at radius 3 is 2.50 bits per heavy atom. The van der Waals surface area contributed by atoms with E-state index in [2.05, 4.69) is 16.1 Å². The maximum atomic E-state index is 9.46. The van der Waals surface area contributed by atoms with Crippen LogP contribution >= 0.6 is 0 Å². The lowest BCUT2D eigenvalue weighted by Gasteiger charge is -1.95. The standard InChI is InChI=1S/C5H8O3/c1-2-7-3-4-8-5-6/h2,5H,1,3-4H2. The van der Waals surface area contributed by atoms with E-state index in [1.54, 1.807) is 0 Å². The van der Waals surface area contributed by atoms with Gasteiger partial charge in [0.15, 0.2) is 0 Å². The maximum Gasteiger partial charge on any atom is 0.293 e. The molecule has 0 bridgehead atoms. The molecule has 0 heterocycles. The number of carbonyl (C=O) groups excluding carboxylic acids is 1. The Hall–Kier alpha value is -0.990. The number of hydrogen-bond acceptors (Lipinski definition) is 3. The molecular weight excluding hydrogens is 108 g/mol. The van der Waals surface area contributed by atoms with E-state index < -0.39 is 0 Å². The Morgan fingerprint density at radius 2 is 2.00 bits per heavy atom. The molecule has 46 valence electrons. The van der Waals surface area contributed by atoms with Crippen molar-refractivity contribution in [2.24, 2.45) is 0 Å². The molecule has 0 aliphatic carbocycles. The van der Waals surface area contributed by atoms with Gasteiger partial charge < -0.3 is 9.47 Å². The van der Waals surface area contributed by atoms with Crippen molar-refractivity contribution in [2.45, 2.75) is 0 Å². The molecule has 0 amide bonds. The van der Waals surface area contributed by atoms with Gasteiger partial charge in [-0.1, -0.05) is 6.58 Å². The Morgan fingerprint density at radius 1 is 1.38 bits per heavy atom. The highest BCUT2D eigenvalue weighted by molar-refractivity contribution is 5.36. The molecule has 0 radical (unpaired) electrons. The highest BCUT2D eigenvalue weighted by Gasteiger charge is 1.79. The van der Waals surface area contributed by atoms with E-state index >= 15 is 0 Å². The molecule has 0 unspecified atom stereocenters. The molecule has 0 aromatic heterocycles. The van der Waals surface area contributed by atoms with Crippen molar-refractivity contribution in [3.05, 3.63) is 12.8 Å². The molecule has 0 atom stereocenters. The van der Waals surface area contributed by atoms with Gasteiger partial charge in [0.2, 0.25) is 0 Å². The average Bonchev–Trinajstić information content (AvgIpc) is 1.81. The van der Waals surface area contributed by atoms with Crippen molar-refractivity contribution in [1.82, 2.24) is 0 Å². The van der Waals surface area contributed by atoms with Gasteiger partial charge >= 0.3 is 0 Å². The van der Waals surface area contributed by atoms with Gasteiger partial charge in [0.05, 0.1) is 6.26 Å². The molecule has 3 nitrogen and oxygen atoms in total. The lowest BCUT2D eigenvalue weighted by Crippen LogP contribution is -1.98. The molecule has 0 N–H and O–H groups in total. The van der Waals surface area contributed by atoms with Crippen LogP contribution in [-0.4, -0.2) is 19.7 Å². The largest absolute Gasteiger partial charge is 0.498 e. The van der Waals surface area contributed by atoms with E-state index in [4.69, 9.17) is 0 Å². The lowest BCUT2D eigenvalue weighted by atomic mass is 10.8. The first-order valence-corrected chi connectivity index (χ1v) is 2.19. The molecule has 0 spiro atoms. The monoisotopic (exact) mass is 116 g/mol. The van der Waals surface area contributed by atoms with Crippen molar-refractivity contribution < 1.29 is 14.3 Å². The van der Waals surface area contributed by atoms with Crippen LogP contribution in [0.4, 0.5) is 0 Å². The fourth-order valence-corrected chi connectivity index (χ4v) is 0.228. The van der Waals surface area contributed by atoms with Gasteiger partial charge in [-0.25, -0.2) is 0 Å². The molecule has 3 heteroatoms. The molecule has 0 aromatic carbocycles. The third-order valence-corrected chi connectivity index (χ3v) is 0.505. The third kappa shape index (κ3) is 5.01. The summed E-state index contributed by atoms with van der Waals surface area (Å²) >= 11 is 0. The first-order chi connectivity index (χ1) is 3.91. The molecule has 0 saturated carbocycles. The van der Waals surface area contributed by atoms with E-state index in [9.17, 15) is 4.79 Å². The summed E-state index contributed by atoms with van der Waals surface area (Å²) in [5.41, 5.74) is 0. The summed E-state index contributed by atoms with van der Waals surface area (Å²) < 4.78 is 8.90. The molecule has 8 heavy (non-hydrogen) atoms. The van der Waals surface area contributed by atoms with Crippen molar-refractivity contribution in [3.8, 4) is 0 Å². The summed E-state index contributed by atoms with van der Waals surface area (Å²) in [4.78, 5) is 9.46. The zero-order valence-electron chi connectivity index (χ0n) is 4.50. The number of rotatable bonds is 5. The summed E-state index contributed by atoms with van der Waals surface area (Å²) in [6.07, 6.45) is 1.30. The van der Waals surface area contributed by atoms with Crippen molar-refractivity contribution in [2.75, 3.05) is 13.2 Å². The SMILES string of the molecule is C=COCCOC=O. The highest BCUT2D eigenvalue weighted by atomic mass is 16.5. The molecular formula is C5H8O3. The number of carbonyl (C=O) groups is 1. The van der Waals surface area contributed by atoms with Crippen molar-refractivity contribution in [1.29, 1.82) is 0 Å². The van der Waals surface area contributed by atoms with E-state index in [1.807, 2.05) is 0 Å². The molecule has 0 rings (SSSR count). The van der Waals surface area contributed by atoms with Crippen molar-refractivity contribution >= 4 is 6.47 Å². The molecule has 0 aromatic rings. The number of ether oxygens (including phenoxy) is 2. The molecule has 0 saturated heterocycles. The predicted molar refractivity (Wildman–Crippen MR) is 28.2 cm³/mol. The van der Waals surface area contributed by atoms with Gasteiger partial charge in [-0.05, 0) is 0 Å². The minimum atomic E-state index is 0.287. The first-order valence-electron chi connectivity index (χ1n) is 2.19. The van der Waals surface area contributed by atoms with Crippen LogP contribution in [0.15, 0.2) is 12.8 Å². The average molecular weight is 116 g/mol. The summed E-state index contributed by atoms with van der Waals surface area (Å²) in [5, 5.41) is 0. The van der Waals surface area contributed by atoms with Crippen LogP contribution in [0.1, 0.15) is 0 Å². The Balaban J connectivity index is 2.71. The lowest BCUT2D eigenvalue weighted by molar-refractivity contribution is -0.129. The van der Waals surface area contributed by atoms with Crippen molar-refractivity contribution in [3.63, 3.8) is 0 Å². The van der Waals surface area contributed by atoms with Crippen LogP contribution in [-0.2, 0) is 14.3 Å². The van der Waals surface area contributed by atoms with Gasteiger partial charge in [-0.2, -0.15) is 0 Å². The second-order valence-corrected chi connectivity index (χ2v) is 1.00. The van der Waals surface area contributed by atoms with E-state index in [-0.39, 0.29) is 6.61 Å². The van der Waals surface area contributed by atoms with Crippen LogP contribution in [0.5, 0.6) is 0 Å². The predicted octanol–water partition coefficient (Wildman–Crippen LogP) is 0.319.